The summed E-state index contributed by atoms with van der Waals surface area (Å²) in [6.45, 7) is 8.00. The number of aromatic hydroxyl groups is 1. The van der Waals surface area contributed by atoms with Crippen molar-refractivity contribution < 1.29 is 9.84 Å². The highest BCUT2D eigenvalue weighted by Crippen LogP contribution is 2.23. The van der Waals surface area contributed by atoms with Crippen LogP contribution >= 0.6 is 0 Å². The SMILES string of the molecule is CC.CC.COc1ccc(-c2ccc(O)cc2)cc1. The number of hydrogen-bond donors (Lipinski definition) is 1. The molecule has 0 aliphatic heterocycles. The number of ether oxygens (including phenoxy) is 1. The molecular weight excluding hydrogens is 236 g/mol. The summed E-state index contributed by atoms with van der Waals surface area (Å²) in [7, 11) is 1.65. The van der Waals surface area contributed by atoms with E-state index in [1.165, 1.54) is 0 Å². The zero-order chi connectivity index (χ0) is 14.7. The fourth-order valence-corrected chi connectivity index (χ4v) is 1.44. The smallest absolute Gasteiger partial charge is 0.118 e. The van der Waals surface area contributed by atoms with Crippen LogP contribution in [-0.4, -0.2) is 12.2 Å². The zero-order valence-electron chi connectivity index (χ0n) is 12.5. The van der Waals surface area contributed by atoms with Crippen LogP contribution in [0.4, 0.5) is 0 Å². The van der Waals surface area contributed by atoms with Crippen LogP contribution in [-0.2, 0) is 0 Å². The van der Waals surface area contributed by atoms with E-state index in [1.807, 2.05) is 64.1 Å². The molecule has 2 aromatic carbocycles. The average Bonchev–Trinajstić information content (AvgIpc) is 2.52. The summed E-state index contributed by atoms with van der Waals surface area (Å²) in [6, 6.07) is 15.0. The first-order chi connectivity index (χ1) is 9.29. The molecule has 0 atom stereocenters. The van der Waals surface area contributed by atoms with E-state index < -0.39 is 0 Å². The molecule has 2 heteroatoms. The minimum Gasteiger partial charge on any atom is -0.508 e. The van der Waals surface area contributed by atoms with Gasteiger partial charge in [-0.15, -0.1) is 0 Å². The molecule has 0 aromatic heterocycles. The molecule has 0 spiro atoms. The molecule has 0 amide bonds. The Labute approximate surface area is 116 Å². The molecule has 0 unspecified atom stereocenters. The van der Waals surface area contributed by atoms with Crippen LogP contribution in [0, 0.1) is 0 Å². The Morgan fingerprint density at radius 3 is 1.42 bits per heavy atom. The van der Waals surface area contributed by atoms with Gasteiger partial charge >= 0.3 is 0 Å². The van der Waals surface area contributed by atoms with Gasteiger partial charge in [-0.3, -0.25) is 0 Å². The number of phenolic OH excluding ortho intramolecular Hbond substituents is 1. The molecule has 0 radical (unpaired) electrons. The van der Waals surface area contributed by atoms with Gasteiger partial charge in [0.1, 0.15) is 11.5 Å². The molecule has 0 saturated heterocycles. The standard InChI is InChI=1S/C13H12O2.2C2H6/c1-15-13-8-4-11(5-9-13)10-2-6-12(14)7-3-10;2*1-2/h2-9,14H,1H3;2*1-2H3. The van der Waals surface area contributed by atoms with Crippen LogP contribution in [0.3, 0.4) is 0 Å². The summed E-state index contributed by atoms with van der Waals surface area (Å²) in [6.07, 6.45) is 0. The molecule has 19 heavy (non-hydrogen) atoms. The Balaban J connectivity index is 0.000000741. The zero-order valence-corrected chi connectivity index (χ0v) is 12.5. The van der Waals surface area contributed by atoms with Gasteiger partial charge in [0.15, 0.2) is 0 Å². The second kappa shape index (κ2) is 10.0. The monoisotopic (exact) mass is 260 g/mol. The Morgan fingerprint density at radius 2 is 1.05 bits per heavy atom. The minimum absolute atomic E-state index is 0.285. The van der Waals surface area contributed by atoms with E-state index in [9.17, 15) is 0 Å². The summed E-state index contributed by atoms with van der Waals surface area (Å²) in [5, 5.41) is 9.17. The van der Waals surface area contributed by atoms with Crippen molar-refractivity contribution in [1.29, 1.82) is 0 Å². The average molecular weight is 260 g/mol. The van der Waals surface area contributed by atoms with Crippen LogP contribution in [0.1, 0.15) is 27.7 Å². The van der Waals surface area contributed by atoms with Crippen molar-refractivity contribution in [2.45, 2.75) is 27.7 Å². The summed E-state index contributed by atoms with van der Waals surface area (Å²) in [5.74, 6) is 1.13. The lowest BCUT2D eigenvalue weighted by molar-refractivity contribution is 0.415. The summed E-state index contributed by atoms with van der Waals surface area (Å²) < 4.78 is 5.08. The third-order valence-corrected chi connectivity index (χ3v) is 2.29. The van der Waals surface area contributed by atoms with Crippen molar-refractivity contribution in [3.8, 4) is 22.6 Å². The van der Waals surface area contributed by atoms with E-state index in [0.29, 0.717) is 0 Å². The Morgan fingerprint density at radius 1 is 0.684 bits per heavy atom. The van der Waals surface area contributed by atoms with Gasteiger partial charge in [-0.2, -0.15) is 0 Å². The molecule has 2 rings (SSSR count). The maximum atomic E-state index is 9.17. The third kappa shape index (κ3) is 5.47. The van der Waals surface area contributed by atoms with Gasteiger partial charge in [-0.25, -0.2) is 0 Å². The Kier molecular flexibility index (Phi) is 8.98. The van der Waals surface area contributed by atoms with E-state index in [4.69, 9.17) is 9.84 Å². The van der Waals surface area contributed by atoms with Crippen LogP contribution in [0.2, 0.25) is 0 Å². The maximum Gasteiger partial charge on any atom is 0.118 e. The molecule has 0 bridgehead atoms. The lowest BCUT2D eigenvalue weighted by Gasteiger charge is -2.03. The lowest BCUT2D eigenvalue weighted by Crippen LogP contribution is -1.82. The summed E-state index contributed by atoms with van der Waals surface area (Å²) in [4.78, 5) is 0. The first-order valence-electron chi connectivity index (χ1n) is 6.73. The van der Waals surface area contributed by atoms with Crippen molar-refractivity contribution in [3.63, 3.8) is 0 Å². The summed E-state index contributed by atoms with van der Waals surface area (Å²) >= 11 is 0. The second-order valence-electron chi connectivity index (χ2n) is 3.28. The molecule has 0 saturated carbocycles. The first kappa shape index (κ1) is 17.0. The van der Waals surface area contributed by atoms with Gasteiger partial charge in [-0.05, 0) is 35.4 Å². The second-order valence-corrected chi connectivity index (χ2v) is 3.28. The highest BCUT2D eigenvalue weighted by atomic mass is 16.5. The maximum absolute atomic E-state index is 9.17. The van der Waals surface area contributed by atoms with E-state index in [1.54, 1.807) is 19.2 Å². The number of methoxy groups -OCH3 is 1. The Hall–Kier alpha value is -1.96. The molecular formula is C17H24O2. The number of hydrogen-bond acceptors (Lipinski definition) is 2. The Bertz CT molecular complexity index is 430. The van der Waals surface area contributed by atoms with Crippen molar-refractivity contribution in [1.82, 2.24) is 0 Å². The molecule has 2 nitrogen and oxygen atoms in total. The first-order valence-corrected chi connectivity index (χ1v) is 6.73. The topological polar surface area (TPSA) is 29.5 Å². The van der Waals surface area contributed by atoms with Gasteiger partial charge in [-0.1, -0.05) is 52.0 Å². The normalized spacial score (nSPS) is 8.47. The largest absolute Gasteiger partial charge is 0.508 e. The minimum atomic E-state index is 0.285. The van der Waals surface area contributed by atoms with Gasteiger partial charge in [0.25, 0.3) is 0 Å². The molecule has 2 aromatic rings. The van der Waals surface area contributed by atoms with Crippen molar-refractivity contribution >= 4 is 0 Å². The molecule has 0 aliphatic carbocycles. The van der Waals surface area contributed by atoms with Crippen LogP contribution < -0.4 is 4.74 Å². The molecule has 0 aliphatic rings. The predicted molar refractivity (Wildman–Crippen MR) is 82.8 cm³/mol. The summed E-state index contributed by atoms with van der Waals surface area (Å²) in [5.41, 5.74) is 2.19. The number of phenols is 1. The van der Waals surface area contributed by atoms with E-state index in [-0.39, 0.29) is 5.75 Å². The fourth-order valence-electron chi connectivity index (χ4n) is 1.44. The highest BCUT2D eigenvalue weighted by Gasteiger charge is 1.97. The van der Waals surface area contributed by atoms with Gasteiger partial charge in [0.2, 0.25) is 0 Å². The van der Waals surface area contributed by atoms with Crippen LogP contribution in [0.25, 0.3) is 11.1 Å². The van der Waals surface area contributed by atoms with E-state index in [2.05, 4.69) is 0 Å². The van der Waals surface area contributed by atoms with Crippen molar-refractivity contribution in [2.24, 2.45) is 0 Å². The van der Waals surface area contributed by atoms with E-state index in [0.717, 1.165) is 16.9 Å². The number of benzene rings is 2. The van der Waals surface area contributed by atoms with Gasteiger partial charge in [0, 0.05) is 0 Å². The molecule has 104 valence electrons. The third-order valence-electron chi connectivity index (χ3n) is 2.29. The lowest BCUT2D eigenvalue weighted by atomic mass is 10.1. The molecule has 0 fully saturated rings. The molecule has 0 heterocycles. The van der Waals surface area contributed by atoms with Gasteiger partial charge < -0.3 is 9.84 Å². The quantitative estimate of drug-likeness (QED) is 0.812. The van der Waals surface area contributed by atoms with Crippen LogP contribution in [0.5, 0.6) is 11.5 Å². The van der Waals surface area contributed by atoms with E-state index >= 15 is 0 Å². The predicted octanol–water partition coefficient (Wildman–Crippen LogP) is 5.12. The fraction of sp³-hybridized carbons (Fsp3) is 0.294. The highest BCUT2D eigenvalue weighted by molar-refractivity contribution is 5.64. The number of rotatable bonds is 2. The molecule has 1 N–H and O–H groups in total. The van der Waals surface area contributed by atoms with Gasteiger partial charge in [0.05, 0.1) is 7.11 Å². The van der Waals surface area contributed by atoms with Crippen LogP contribution in [0.15, 0.2) is 48.5 Å². The van der Waals surface area contributed by atoms with Crippen molar-refractivity contribution in [2.75, 3.05) is 7.11 Å². The van der Waals surface area contributed by atoms with Crippen molar-refractivity contribution in [3.05, 3.63) is 48.5 Å².